The van der Waals surface area contributed by atoms with E-state index in [-0.39, 0.29) is 17.7 Å². The van der Waals surface area contributed by atoms with Crippen LogP contribution in [0.1, 0.15) is 37.4 Å². The summed E-state index contributed by atoms with van der Waals surface area (Å²) in [4.78, 5) is 12.3. The van der Waals surface area contributed by atoms with Crippen LogP contribution in [-0.4, -0.2) is 46.1 Å². The molecule has 134 valence electrons. The molecule has 0 spiro atoms. The van der Waals surface area contributed by atoms with E-state index in [1.54, 1.807) is 18.9 Å². The monoisotopic (exact) mass is 363 g/mol. The van der Waals surface area contributed by atoms with Gasteiger partial charge in [0.2, 0.25) is 11.1 Å². The van der Waals surface area contributed by atoms with E-state index in [1.165, 1.54) is 11.8 Å². The van der Waals surface area contributed by atoms with Crippen LogP contribution in [0, 0.1) is 0 Å². The molecule has 0 radical (unpaired) electrons. The van der Waals surface area contributed by atoms with Crippen molar-refractivity contribution in [3.05, 3.63) is 23.8 Å². The van der Waals surface area contributed by atoms with Gasteiger partial charge in [0, 0.05) is 5.56 Å². The van der Waals surface area contributed by atoms with Crippen LogP contribution in [-0.2, 0) is 4.79 Å². The van der Waals surface area contributed by atoms with Gasteiger partial charge in [-0.3, -0.25) is 4.79 Å². The lowest BCUT2D eigenvalue weighted by Gasteiger charge is -2.18. The molecule has 1 aromatic heterocycles. The number of nitrogens with one attached hydrogen (secondary N) is 1. The Bertz CT molecular complexity index is 747. The Hall–Kier alpha value is -2.29. The molecule has 1 aliphatic rings. The molecule has 8 nitrogen and oxygen atoms in total. The molecule has 0 saturated heterocycles. The van der Waals surface area contributed by atoms with Crippen LogP contribution in [0.4, 0.5) is 0 Å². The van der Waals surface area contributed by atoms with Gasteiger partial charge in [-0.2, -0.15) is 0 Å². The molecule has 1 aliphatic carbocycles. The smallest absolute Gasteiger partial charge is 0.230 e. The highest BCUT2D eigenvalue weighted by molar-refractivity contribution is 7.99. The molecule has 25 heavy (non-hydrogen) atoms. The summed E-state index contributed by atoms with van der Waals surface area (Å²) in [5, 5.41) is 15.3. The lowest BCUT2D eigenvalue weighted by atomic mass is 10.1. The zero-order valence-corrected chi connectivity index (χ0v) is 15.2. The second-order valence-corrected chi connectivity index (χ2v) is 6.77. The summed E-state index contributed by atoms with van der Waals surface area (Å²) in [6.45, 7) is 1.91. The minimum Gasteiger partial charge on any atom is -0.497 e. The van der Waals surface area contributed by atoms with Gasteiger partial charge in [-0.1, -0.05) is 11.8 Å². The predicted octanol–water partition coefficient (Wildman–Crippen LogP) is 1.99. The number of benzene rings is 1. The lowest BCUT2D eigenvalue weighted by Crippen LogP contribution is -2.28. The predicted molar refractivity (Wildman–Crippen MR) is 92.9 cm³/mol. The van der Waals surface area contributed by atoms with Gasteiger partial charge in [-0.25, -0.2) is 4.68 Å². The second-order valence-electron chi connectivity index (χ2n) is 5.82. The number of hydrogen-bond donors (Lipinski definition) is 1. The number of nitrogens with zero attached hydrogens (tertiary/aromatic N) is 4. The van der Waals surface area contributed by atoms with Crippen LogP contribution in [0.5, 0.6) is 11.5 Å². The minimum absolute atomic E-state index is 0.0901. The molecule has 1 unspecified atom stereocenters. The van der Waals surface area contributed by atoms with Crippen molar-refractivity contribution in [3.63, 3.8) is 0 Å². The highest BCUT2D eigenvalue weighted by Gasteiger charge is 2.28. The summed E-state index contributed by atoms with van der Waals surface area (Å²) >= 11 is 1.34. The van der Waals surface area contributed by atoms with Crippen molar-refractivity contribution in [2.45, 2.75) is 37.0 Å². The SMILES string of the molecule is COc1ccc(OC)c(C(C)NC(=O)CSc2nnnn2C2CC2)c1. The number of carbonyl (C=O) groups excluding carboxylic acids is 1. The molecule has 3 rings (SSSR count). The molecule has 1 heterocycles. The summed E-state index contributed by atoms with van der Waals surface area (Å²) in [6, 6.07) is 5.70. The summed E-state index contributed by atoms with van der Waals surface area (Å²) < 4.78 is 12.4. The van der Waals surface area contributed by atoms with Gasteiger partial charge >= 0.3 is 0 Å². The van der Waals surface area contributed by atoms with Crippen molar-refractivity contribution in [1.29, 1.82) is 0 Å². The first-order valence-corrected chi connectivity index (χ1v) is 9.03. The third-order valence-electron chi connectivity index (χ3n) is 3.97. The molecule has 1 fully saturated rings. The van der Waals surface area contributed by atoms with E-state index in [0.717, 1.165) is 24.2 Å². The van der Waals surface area contributed by atoms with Crippen LogP contribution in [0.15, 0.2) is 23.4 Å². The first-order chi connectivity index (χ1) is 12.1. The summed E-state index contributed by atoms with van der Waals surface area (Å²) in [5.74, 6) is 1.59. The molecule has 0 aliphatic heterocycles. The number of thioether (sulfide) groups is 1. The molecule has 9 heteroatoms. The van der Waals surface area contributed by atoms with Crippen LogP contribution in [0.25, 0.3) is 0 Å². The number of methoxy groups -OCH3 is 2. The van der Waals surface area contributed by atoms with Crippen molar-refractivity contribution in [2.24, 2.45) is 0 Å². The Labute approximate surface area is 150 Å². The largest absolute Gasteiger partial charge is 0.497 e. The number of amides is 1. The van der Waals surface area contributed by atoms with Crippen molar-refractivity contribution >= 4 is 17.7 Å². The molecule has 0 bridgehead atoms. The molecule has 1 aromatic carbocycles. The Morgan fingerprint density at radius 2 is 2.20 bits per heavy atom. The fraction of sp³-hybridized carbons (Fsp3) is 0.500. The van der Waals surface area contributed by atoms with Gasteiger partial charge in [0.1, 0.15) is 11.5 Å². The normalized spacial score (nSPS) is 14.8. The van der Waals surface area contributed by atoms with E-state index in [4.69, 9.17) is 9.47 Å². The topological polar surface area (TPSA) is 91.2 Å². The van der Waals surface area contributed by atoms with E-state index < -0.39 is 0 Å². The zero-order valence-electron chi connectivity index (χ0n) is 14.4. The first kappa shape index (κ1) is 17.5. The molecular formula is C16H21N5O3S. The van der Waals surface area contributed by atoms with Crippen LogP contribution in [0.2, 0.25) is 0 Å². The number of tetrazole rings is 1. The van der Waals surface area contributed by atoms with Crippen molar-refractivity contribution in [2.75, 3.05) is 20.0 Å². The highest BCUT2D eigenvalue weighted by Crippen LogP contribution is 2.36. The highest BCUT2D eigenvalue weighted by atomic mass is 32.2. The molecular weight excluding hydrogens is 342 g/mol. The van der Waals surface area contributed by atoms with Crippen LogP contribution >= 0.6 is 11.8 Å². The van der Waals surface area contributed by atoms with Gasteiger partial charge in [0.05, 0.1) is 32.1 Å². The third-order valence-corrected chi connectivity index (χ3v) is 4.90. The molecule has 1 saturated carbocycles. The number of rotatable bonds is 8. The summed E-state index contributed by atoms with van der Waals surface area (Å²) in [5.41, 5.74) is 0.864. The molecule has 1 amide bonds. The molecule has 1 atom stereocenters. The fourth-order valence-electron chi connectivity index (χ4n) is 2.50. The molecule has 2 aromatic rings. The van der Waals surface area contributed by atoms with Crippen LogP contribution < -0.4 is 14.8 Å². The first-order valence-electron chi connectivity index (χ1n) is 8.04. The number of aromatic nitrogens is 4. The second kappa shape index (κ2) is 7.73. The minimum atomic E-state index is -0.211. The quantitative estimate of drug-likeness (QED) is 0.717. The van der Waals surface area contributed by atoms with Crippen LogP contribution in [0.3, 0.4) is 0 Å². The molecule has 1 N–H and O–H groups in total. The van der Waals surface area contributed by atoms with Gasteiger partial charge < -0.3 is 14.8 Å². The van der Waals surface area contributed by atoms with Gasteiger partial charge in [-0.05, 0) is 48.4 Å². The maximum Gasteiger partial charge on any atom is 0.230 e. The summed E-state index contributed by atoms with van der Waals surface area (Å²) in [7, 11) is 3.21. The van der Waals surface area contributed by atoms with E-state index in [9.17, 15) is 4.79 Å². The number of ether oxygens (including phenoxy) is 2. The fourth-order valence-corrected chi connectivity index (χ4v) is 3.25. The van der Waals surface area contributed by atoms with Crippen molar-refractivity contribution in [3.8, 4) is 11.5 Å². The number of hydrogen-bond acceptors (Lipinski definition) is 7. The summed E-state index contributed by atoms with van der Waals surface area (Å²) in [6.07, 6.45) is 2.19. The van der Waals surface area contributed by atoms with E-state index in [1.807, 2.05) is 25.1 Å². The van der Waals surface area contributed by atoms with Gasteiger partial charge in [0.25, 0.3) is 0 Å². The van der Waals surface area contributed by atoms with Gasteiger partial charge in [-0.15, -0.1) is 5.10 Å². The Morgan fingerprint density at radius 3 is 2.88 bits per heavy atom. The standard InChI is InChI=1S/C16H21N5O3S/c1-10(13-8-12(23-2)6-7-14(13)24-3)17-15(22)9-25-16-18-19-20-21(16)11-4-5-11/h6-8,10-11H,4-5,9H2,1-3H3,(H,17,22). The Balaban J connectivity index is 1.59. The Morgan fingerprint density at radius 1 is 1.40 bits per heavy atom. The maximum absolute atomic E-state index is 12.3. The average molecular weight is 363 g/mol. The maximum atomic E-state index is 12.3. The van der Waals surface area contributed by atoms with E-state index >= 15 is 0 Å². The van der Waals surface area contributed by atoms with E-state index in [2.05, 4.69) is 20.8 Å². The lowest BCUT2D eigenvalue weighted by molar-refractivity contribution is -0.119. The zero-order chi connectivity index (χ0) is 17.8. The average Bonchev–Trinajstić information content (AvgIpc) is 3.37. The van der Waals surface area contributed by atoms with Gasteiger partial charge in [0.15, 0.2) is 0 Å². The van der Waals surface area contributed by atoms with E-state index in [0.29, 0.717) is 16.9 Å². The third kappa shape index (κ3) is 4.22. The van der Waals surface area contributed by atoms with Crippen molar-refractivity contribution < 1.29 is 14.3 Å². The van der Waals surface area contributed by atoms with Crippen molar-refractivity contribution in [1.82, 2.24) is 25.5 Å². The number of carbonyl (C=O) groups is 1. The Kier molecular flexibility index (Phi) is 5.42.